The molecule has 168 valence electrons. The van der Waals surface area contributed by atoms with Gasteiger partial charge in [0.2, 0.25) is 5.75 Å². The van der Waals surface area contributed by atoms with Gasteiger partial charge >= 0.3 is 0 Å². The Kier molecular flexibility index (Phi) is 7.10. The van der Waals surface area contributed by atoms with Gasteiger partial charge in [0.25, 0.3) is 11.5 Å². The van der Waals surface area contributed by atoms with Crippen molar-refractivity contribution >= 4 is 35.1 Å². The summed E-state index contributed by atoms with van der Waals surface area (Å²) in [5, 5.41) is 13.5. The lowest BCUT2D eigenvalue weighted by Crippen LogP contribution is -2.29. The highest BCUT2D eigenvalue weighted by Gasteiger charge is 2.24. The molecule has 32 heavy (non-hydrogen) atoms. The first-order chi connectivity index (χ1) is 15.1. The second-order valence-corrected chi connectivity index (χ2v) is 8.40. The van der Waals surface area contributed by atoms with Crippen molar-refractivity contribution in [3.05, 3.63) is 74.4 Å². The predicted octanol–water partition coefficient (Wildman–Crippen LogP) is 3.90. The third-order valence-corrected chi connectivity index (χ3v) is 6.15. The number of benzene rings is 2. The zero-order chi connectivity index (χ0) is 23.6. The van der Waals surface area contributed by atoms with E-state index in [1.807, 2.05) is 19.2 Å². The summed E-state index contributed by atoms with van der Waals surface area (Å²) in [6, 6.07) is 9.79. The highest BCUT2D eigenvalue weighted by molar-refractivity contribution is 7.99. The van der Waals surface area contributed by atoms with Crippen molar-refractivity contribution in [2.75, 3.05) is 17.6 Å². The molecule has 2 aromatic carbocycles. The first kappa shape index (κ1) is 23.6. The summed E-state index contributed by atoms with van der Waals surface area (Å²) >= 11 is 7.45. The topological polar surface area (TPSA) is 87.5 Å². The number of hydrogen-bond acceptors (Lipinski definition) is 6. The van der Waals surface area contributed by atoms with Gasteiger partial charge in [-0.1, -0.05) is 41.7 Å². The van der Waals surface area contributed by atoms with E-state index in [0.717, 1.165) is 15.7 Å². The van der Waals surface area contributed by atoms with Crippen LogP contribution in [0.2, 0.25) is 5.02 Å². The van der Waals surface area contributed by atoms with E-state index in [0.29, 0.717) is 10.7 Å². The van der Waals surface area contributed by atoms with Crippen molar-refractivity contribution in [3.63, 3.8) is 0 Å². The van der Waals surface area contributed by atoms with Crippen molar-refractivity contribution in [2.24, 2.45) is 7.05 Å². The Hall–Kier alpha value is -3.04. The van der Waals surface area contributed by atoms with Gasteiger partial charge in [-0.3, -0.25) is 14.2 Å². The predicted molar refractivity (Wildman–Crippen MR) is 126 cm³/mol. The second-order valence-electron chi connectivity index (χ2n) is 7.08. The smallest absolute Gasteiger partial charge is 0.296 e. The fourth-order valence-corrected chi connectivity index (χ4v) is 3.63. The SMILES string of the molecule is CSN(C)c1cccc(F)c1-c1nc(C(=O)NCc2ccc(C)c(Cl)c2)c(O)c(=O)n1C. The quantitative estimate of drug-likeness (QED) is 0.525. The molecule has 0 unspecified atom stereocenters. The summed E-state index contributed by atoms with van der Waals surface area (Å²) in [4.78, 5) is 29.6. The lowest BCUT2D eigenvalue weighted by Gasteiger charge is -2.21. The number of aromatic hydroxyl groups is 1. The van der Waals surface area contributed by atoms with E-state index >= 15 is 0 Å². The van der Waals surface area contributed by atoms with Crippen LogP contribution >= 0.6 is 23.5 Å². The number of carbonyl (C=O) groups is 1. The Morgan fingerprint density at radius 2 is 2.06 bits per heavy atom. The van der Waals surface area contributed by atoms with Crippen molar-refractivity contribution in [3.8, 4) is 17.1 Å². The standard InChI is InChI=1S/C22H22ClFN4O3S/c1-12-8-9-13(10-14(12)23)11-25-21(30)18-19(29)22(31)27(2)20(26-18)17-15(24)6-5-7-16(17)28(3)32-4/h5-10,29H,11H2,1-4H3,(H,25,30). The van der Waals surface area contributed by atoms with Gasteiger partial charge in [0.15, 0.2) is 5.69 Å². The van der Waals surface area contributed by atoms with Gasteiger partial charge in [0.1, 0.15) is 11.6 Å². The fourth-order valence-electron chi connectivity index (χ4n) is 3.08. The van der Waals surface area contributed by atoms with Crippen molar-refractivity contribution < 1.29 is 14.3 Å². The monoisotopic (exact) mass is 476 g/mol. The van der Waals surface area contributed by atoms with Crippen LogP contribution in [0.15, 0.2) is 41.2 Å². The normalized spacial score (nSPS) is 10.8. The van der Waals surface area contributed by atoms with E-state index in [2.05, 4.69) is 10.3 Å². The van der Waals surface area contributed by atoms with Crippen LogP contribution < -0.4 is 15.2 Å². The molecular formula is C22H22ClFN4O3S. The number of nitrogens with one attached hydrogen (secondary N) is 1. The maximum Gasteiger partial charge on any atom is 0.296 e. The number of aromatic nitrogens is 2. The largest absolute Gasteiger partial charge is 0.501 e. The minimum absolute atomic E-state index is 0.0447. The van der Waals surface area contributed by atoms with E-state index in [4.69, 9.17) is 11.6 Å². The van der Waals surface area contributed by atoms with E-state index in [1.165, 1.54) is 25.1 Å². The minimum atomic E-state index is -0.862. The Labute approximate surface area is 194 Å². The van der Waals surface area contributed by atoms with Gasteiger partial charge in [-0.25, -0.2) is 9.37 Å². The van der Waals surface area contributed by atoms with Gasteiger partial charge in [0, 0.05) is 31.9 Å². The molecule has 3 aromatic rings. The van der Waals surface area contributed by atoms with Crippen LogP contribution in [0.1, 0.15) is 21.6 Å². The summed E-state index contributed by atoms with van der Waals surface area (Å²) in [7, 11) is 3.09. The summed E-state index contributed by atoms with van der Waals surface area (Å²) in [5.41, 5.74) is 0.792. The fraction of sp³-hybridized carbons (Fsp3) is 0.227. The van der Waals surface area contributed by atoms with E-state index < -0.39 is 28.7 Å². The maximum atomic E-state index is 14.9. The summed E-state index contributed by atoms with van der Waals surface area (Å²) in [6.45, 7) is 1.96. The molecule has 0 aliphatic carbocycles. The van der Waals surface area contributed by atoms with E-state index in [1.54, 1.807) is 35.6 Å². The van der Waals surface area contributed by atoms with Gasteiger partial charge in [-0.2, -0.15) is 0 Å². The maximum absolute atomic E-state index is 14.9. The number of rotatable bonds is 6. The molecule has 2 N–H and O–H groups in total. The van der Waals surface area contributed by atoms with Crippen LogP contribution in [0.3, 0.4) is 0 Å². The van der Waals surface area contributed by atoms with Crippen molar-refractivity contribution in [1.29, 1.82) is 0 Å². The number of halogens is 2. The number of aryl methyl sites for hydroxylation is 1. The number of nitrogens with zero attached hydrogens (tertiary/aromatic N) is 3. The molecule has 3 rings (SSSR count). The van der Waals surface area contributed by atoms with E-state index in [-0.39, 0.29) is 17.9 Å². The van der Waals surface area contributed by atoms with E-state index in [9.17, 15) is 19.1 Å². The Bertz CT molecular complexity index is 1250. The molecule has 1 amide bonds. The van der Waals surface area contributed by atoms with Crippen molar-refractivity contribution in [2.45, 2.75) is 13.5 Å². The Balaban J connectivity index is 2.04. The average Bonchev–Trinajstić information content (AvgIpc) is 2.78. The first-order valence-corrected chi connectivity index (χ1v) is 11.1. The number of amides is 1. The lowest BCUT2D eigenvalue weighted by molar-refractivity contribution is 0.0942. The molecule has 0 radical (unpaired) electrons. The van der Waals surface area contributed by atoms with Crippen LogP contribution in [0, 0.1) is 12.7 Å². The van der Waals surface area contributed by atoms with Gasteiger partial charge in [-0.15, -0.1) is 0 Å². The third-order valence-electron chi connectivity index (χ3n) is 5.00. The van der Waals surface area contributed by atoms with Crippen LogP contribution in [0.25, 0.3) is 11.4 Å². The van der Waals surface area contributed by atoms with Gasteiger partial charge in [0.05, 0.1) is 11.3 Å². The molecule has 0 aliphatic rings. The Morgan fingerprint density at radius 3 is 2.72 bits per heavy atom. The number of carbonyl (C=O) groups excluding carboxylic acids is 1. The molecule has 0 bridgehead atoms. The highest BCUT2D eigenvalue weighted by Crippen LogP contribution is 2.34. The first-order valence-electron chi connectivity index (χ1n) is 9.55. The zero-order valence-electron chi connectivity index (χ0n) is 17.9. The number of hydrogen-bond donors (Lipinski definition) is 2. The van der Waals surface area contributed by atoms with Crippen LogP contribution in [-0.2, 0) is 13.6 Å². The molecule has 10 heteroatoms. The molecule has 0 atom stereocenters. The highest BCUT2D eigenvalue weighted by atomic mass is 35.5. The third kappa shape index (κ3) is 4.58. The molecular weight excluding hydrogens is 455 g/mol. The molecule has 1 heterocycles. The molecule has 1 aromatic heterocycles. The van der Waals surface area contributed by atoms with Crippen LogP contribution in [-0.4, -0.2) is 33.9 Å². The van der Waals surface area contributed by atoms with Gasteiger partial charge in [-0.05, 0) is 36.2 Å². The van der Waals surface area contributed by atoms with Crippen LogP contribution in [0.4, 0.5) is 10.1 Å². The summed E-state index contributed by atoms with van der Waals surface area (Å²) in [6.07, 6.45) is 1.81. The minimum Gasteiger partial charge on any atom is -0.501 e. The van der Waals surface area contributed by atoms with Gasteiger partial charge < -0.3 is 14.7 Å². The molecule has 7 nitrogen and oxygen atoms in total. The average molecular weight is 477 g/mol. The van der Waals surface area contributed by atoms with Crippen LogP contribution in [0.5, 0.6) is 5.75 Å². The molecule has 0 fully saturated rings. The summed E-state index contributed by atoms with van der Waals surface area (Å²) < 4.78 is 17.6. The zero-order valence-corrected chi connectivity index (χ0v) is 19.5. The molecule has 0 aliphatic heterocycles. The molecule has 0 spiro atoms. The number of anilines is 1. The summed E-state index contributed by atoms with van der Waals surface area (Å²) in [5.74, 6) is -2.27. The lowest BCUT2D eigenvalue weighted by atomic mass is 10.1. The Morgan fingerprint density at radius 1 is 1.34 bits per heavy atom. The molecule has 0 saturated heterocycles. The second kappa shape index (κ2) is 9.62. The molecule has 0 saturated carbocycles. The van der Waals surface area contributed by atoms with Crippen molar-refractivity contribution in [1.82, 2.24) is 14.9 Å².